The van der Waals surface area contributed by atoms with E-state index in [9.17, 15) is 9.59 Å². The van der Waals surface area contributed by atoms with Gasteiger partial charge in [0.15, 0.2) is 0 Å². The summed E-state index contributed by atoms with van der Waals surface area (Å²) >= 11 is 0. The molecule has 2 heterocycles. The number of benzene rings is 1. The molecule has 3 rings (SSSR count). The van der Waals surface area contributed by atoms with Crippen molar-refractivity contribution >= 4 is 22.6 Å². The monoisotopic (exact) mass is 298 g/mol. The zero-order chi connectivity index (χ0) is 15.5. The fourth-order valence-electron chi connectivity index (χ4n) is 2.98. The van der Waals surface area contributed by atoms with Crippen LogP contribution < -0.4 is 0 Å². The minimum atomic E-state index is -0.507. The maximum absolute atomic E-state index is 12.9. The maximum atomic E-state index is 12.9. The van der Waals surface area contributed by atoms with Gasteiger partial charge in [0.25, 0.3) is 5.91 Å². The predicted molar refractivity (Wildman–Crippen MR) is 82.4 cm³/mol. The lowest BCUT2D eigenvalue weighted by molar-refractivity contribution is -0.147. The minimum absolute atomic E-state index is 0.202. The number of aromatic nitrogens is 1. The smallest absolute Gasteiger partial charge is 0.328 e. The zero-order valence-corrected chi connectivity index (χ0v) is 12.5. The van der Waals surface area contributed by atoms with Crippen molar-refractivity contribution in [1.29, 1.82) is 0 Å². The van der Waals surface area contributed by atoms with Crippen LogP contribution in [0.5, 0.6) is 0 Å². The molecule has 5 heteroatoms. The maximum Gasteiger partial charge on any atom is 0.328 e. The van der Waals surface area contributed by atoms with E-state index in [-0.39, 0.29) is 11.9 Å². The first kappa shape index (κ1) is 14.5. The Hall–Kier alpha value is -2.43. The normalized spacial score (nSPS) is 18.2. The van der Waals surface area contributed by atoms with Gasteiger partial charge in [0.1, 0.15) is 11.7 Å². The molecule has 0 N–H and O–H groups in total. The molecular weight excluding hydrogens is 280 g/mol. The zero-order valence-electron chi connectivity index (χ0n) is 12.5. The van der Waals surface area contributed by atoms with Crippen LogP contribution in [0.2, 0.25) is 0 Å². The molecule has 1 aromatic carbocycles. The summed E-state index contributed by atoms with van der Waals surface area (Å²) in [5, 5.41) is 1.77. The SMILES string of the molecule is COC(=O)C1CCCCN1C(=O)c1nccc2ccccc12. The second-order valence-corrected chi connectivity index (χ2v) is 5.41. The fraction of sp³-hybridized carbons (Fsp3) is 0.353. The van der Waals surface area contributed by atoms with Crippen molar-refractivity contribution in [3.63, 3.8) is 0 Å². The second-order valence-electron chi connectivity index (χ2n) is 5.41. The number of hydrogen-bond acceptors (Lipinski definition) is 4. The average molecular weight is 298 g/mol. The number of likely N-dealkylation sites (tertiary alicyclic amines) is 1. The number of carbonyl (C=O) groups is 2. The average Bonchev–Trinajstić information content (AvgIpc) is 2.60. The van der Waals surface area contributed by atoms with Crippen molar-refractivity contribution in [1.82, 2.24) is 9.88 Å². The third-order valence-corrected chi connectivity index (χ3v) is 4.11. The Morgan fingerprint density at radius 1 is 1.23 bits per heavy atom. The van der Waals surface area contributed by atoms with Crippen LogP contribution in [0, 0.1) is 0 Å². The second kappa shape index (κ2) is 6.13. The molecule has 0 radical (unpaired) electrons. The van der Waals surface area contributed by atoms with Crippen molar-refractivity contribution in [2.75, 3.05) is 13.7 Å². The van der Waals surface area contributed by atoms with Crippen LogP contribution in [-0.4, -0.2) is 41.5 Å². The molecule has 22 heavy (non-hydrogen) atoms. The van der Waals surface area contributed by atoms with Crippen molar-refractivity contribution in [3.05, 3.63) is 42.2 Å². The Balaban J connectivity index is 1.99. The first-order chi connectivity index (χ1) is 10.7. The number of pyridine rings is 1. The van der Waals surface area contributed by atoms with E-state index in [1.807, 2.05) is 30.3 Å². The highest BCUT2D eigenvalue weighted by Gasteiger charge is 2.34. The molecule has 1 aliphatic rings. The molecule has 1 unspecified atom stereocenters. The van der Waals surface area contributed by atoms with Crippen LogP contribution in [-0.2, 0) is 9.53 Å². The number of methoxy groups -OCH3 is 1. The van der Waals surface area contributed by atoms with Gasteiger partial charge in [-0.3, -0.25) is 9.78 Å². The van der Waals surface area contributed by atoms with E-state index >= 15 is 0 Å². The number of fused-ring (bicyclic) bond motifs is 1. The van der Waals surface area contributed by atoms with Gasteiger partial charge in [-0.2, -0.15) is 0 Å². The van der Waals surface area contributed by atoms with Crippen molar-refractivity contribution in [2.45, 2.75) is 25.3 Å². The molecule has 1 atom stereocenters. The number of carbonyl (C=O) groups excluding carboxylic acids is 2. The molecule has 0 saturated carbocycles. The number of ether oxygens (including phenoxy) is 1. The largest absolute Gasteiger partial charge is 0.467 e. The highest BCUT2D eigenvalue weighted by molar-refractivity contribution is 6.06. The first-order valence-electron chi connectivity index (χ1n) is 7.45. The third-order valence-electron chi connectivity index (χ3n) is 4.11. The van der Waals surface area contributed by atoms with E-state index in [0.29, 0.717) is 18.7 Å². The standard InChI is InChI=1S/C17H18N2O3/c1-22-17(21)14-8-4-5-11-19(14)16(20)15-13-7-3-2-6-12(13)9-10-18-15/h2-3,6-7,9-10,14H,4-5,8,11H2,1H3. The van der Waals surface area contributed by atoms with Crippen LogP contribution >= 0.6 is 0 Å². The minimum Gasteiger partial charge on any atom is -0.467 e. The van der Waals surface area contributed by atoms with Gasteiger partial charge in [-0.25, -0.2) is 4.79 Å². The van der Waals surface area contributed by atoms with Gasteiger partial charge in [0.05, 0.1) is 7.11 Å². The van der Waals surface area contributed by atoms with E-state index in [0.717, 1.165) is 23.6 Å². The van der Waals surface area contributed by atoms with Gasteiger partial charge in [-0.15, -0.1) is 0 Å². The number of piperidine rings is 1. The van der Waals surface area contributed by atoms with E-state index < -0.39 is 6.04 Å². The summed E-state index contributed by atoms with van der Waals surface area (Å²) in [5.74, 6) is -0.555. The summed E-state index contributed by atoms with van der Waals surface area (Å²) in [6.07, 6.45) is 4.09. The summed E-state index contributed by atoms with van der Waals surface area (Å²) in [7, 11) is 1.36. The van der Waals surface area contributed by atoms with Crippen LogP contribution in [0.1, 0.15) is 29.8 Å². The number of esters is 1. The Bertz CT molecular complexity index is 709. The molecule has 0 bridgehead atoms. The molecule has 1 amide bonds. The highest BCUT2D eigenvalue weighted by Crippen LogP contribution is 2.23. The van der Waals surface area contributed by atoms with Gasteiger partial charge < -0.3 is 9.64 Å². The van der Waals surface area contributed by atoms with E-state index in [1.165, 1.54) is 7.11 Å². The van der Waals surface area contributed by atoms with Crippen molar-refractivity contribution in [3.8, 4) is 0 Å². The molecule has 1 fully saturated rings. The number of rotatable bonds is 2. The number of amides is 1. The van der Waals surface area contributed by atoms with E-state index in [4.69, 9.17) is 4.74 Å². The molecule has 1 saturated heterocycles. The number of hydrogen-bond donors (Lipinski definition) is 0. The summed E-state index contributed by atoms with van der Waals surface area (Å²) in [5.41, 5.74) is 0.397. The summed E-state index contributed by atoms with van der Waals surface area (Å²) < 4.78 is 4.84. The molecule has 1 aliphatic heterocycles. The molecule has 2 aromatic rings. The molecule has 5 nitrogen and oxygen atoms in total. The summed E-state index contributed by atoms with van der Waals surface area (Å²) in [6, 6.07) is 9.00. The van der Waals surface area contributed by atoms with Crippen LogP contribution in [0.15, 0.2) is 36.5 Å². The Labute approximate surface area is 128 Å². The van der Waals surface area contributed by atoms with Crippen LogP contribution in [0.3, 0.4) is 0 Å². The Morgan fingerprint density at radius 2 is 2.05 bits per heavy atom. The lowest BCUT2D eigenvalue weighted by atomic mass is 10.0. The molecule has 0 aliphatic carbocycles. The molecule has 114 valence electrons. The summed E-state index contributed by atoms with van der Waals surface area (Å²) in [4.78, 5) is 30.7. The quantitative estimate of drug-likeness (QED) is 0.799. The van der Waals surface area contributed by atoms with Gasteiger partial charge in [0.2, 0.25) is 0 Å². The van der Waals surface area contributed by atoms with Crippen LogP contribution in [0.4, 0.5) is 0 Å². The molecule has 1 aromatic heterocycles. The van der Waals surface area contributed by atoms with Gasteiger partial charge in [-0.05, 0) is 30.7 Å². The van der Waals surface area contributed by atoms with Crippen molar-refractivity contribution in [2.24, 2.45) is 0 Å². The van der Waals surface area contributed by atoms with E-state index in [1.54, 1.807) is 11.1 Å². The van der Waals surface area contributed by atoms with Gasteiger partial charge >= 0.3 is 5.97 Å². The van der Waals surface area contributed by atoms with Gasteiger partial charge in [-0.1, -0.05) is 24.3 Å². The first-order valence-corrected chi connectivity index (χ1v) is 7.45. The number of nitrogens with zero attached hydrogens (tertiary/aromatic N) is 2. The van der Waals surface area contributed by atoms with Gasteiger partial charge in [0, 0.05) is 18.1 Å². The Morgan fingerprint density at radius 3 is 2.86 bits per heavy atom. The topological polar surface area (TPSA) is 59.5 Å². The third kappa shape index (κ3) is 2.54. The predicted octanol–water partition coefficient (Wildman–Crippen LogP) is 2.40. The van der Waals surface area contributed by atoms with Crippen molar-refractivity contribution < 1.29 is 14.3 Å². The Kier molecular flexibility index (Phi) is 4.04. The fourth-order valence-corrected chi connectivity index (χ4v) is 2.98. The van der Waals surface area contributed by atoms with Crippen LogP contribution in [0.25, 0.3) is 10.8 Å². The van der Waals surface area contributed by atoms with E-state index in [2.05, 4.69) is 4.98 Å². The molecule has 0 spiro atoms. The summed E-state index contributed by atoms with van der Waals surface area (Å²) in [6.45, 7) is 0.559. The lowest BCUT2D eigenvalue weighted by Crippen LogP contribution is -2.48. The lowest BCUT2D eigenvalue weighted by Gasteiger charge is -2.33. The highest BCUT2D eigenvalue weighted by atomic mass is 16.5. The molecular formula is C17H18N2O3.